The Kier molecular flexibility index (Phi) is 3.88. The summed E-state index contributed by atoms with van der Waals surface area (Å²) in [6, 6.07) is 1.97. The Hall–Kier alpha value is -0.410. The molecule has 13 heavy (non-hydrogen) atoms. The zero-order valence-corrected chi connectivity index (χ0v) is 9.50. The highest BCUT2D eigenvalue weighted by molar-refractivity contribution is 9.10. The zero-order valence-electron chi connectivity index (χ0n) is 7.92. The lowest BCUT2D eigenvalue weighted by molar-refractivity contribution is 0.279. The van der Waals surface area contributed by atoms with Crippen molar-refractivity contribution < 1.29 is 5.11 Å². The Morgan fingerprint density at radius 2 is 2.23 bits per heavy atom. The number of aromatic nitrogens is 1. The van der Waals surface area contributed by atoms with E-state index in [0.717, 1.165) is 16.6 Å². The summed E-state index contributed by atoms with van der Waals surface area (Å²) >= 11 is 3.33. The first-order valence-corrected chi connectivity index (χ1v) is 5.17. The summed E-state index contributed by atoms with van der Waals surface area (Å²) in [5.74, 6) is 0.597. The van der Waals surface area contributed by atoms with Crippen LogP contribution in [0.3, 0.4) is 0 Å². The van der Waals surface area contributed by atoms with Gasteiger partial charge in [0.1, 0.15) is 4.60 Å². The third-order valence-electron chi connectivity index (χ3n) is 1.89. The summed E-state index contributed by atoms with van der Waals surface area (Å²) in [6.07, 6.45) is 2.75. The predicted octanol–water partition coefficient (Wildman–Crippen LogP) is 2.53. The van der Waals surface area contributed by atoms with Crippen LogP contribution in [0, 0.1) is 5.92 Å². The maximum Gasteiger partial charge on any atom is 0.111 e. The standard InChI is InChI=1S/C10H14BrNO/c1-7(2)5-8-3-4-12-10(11)9(8)6-13/h3-4,7,13H,5-6H2,1-2H3. The number of rotatable bonds is 3. The Balaban J connectivity index is 2.98. The summed E-state index contributed by atoms with van der Waals surface area (Å²) < 4.78 is 0.758. The highest BCUT2D eigenvalue weighted by Gasteiger charge is 2.07. The molecule has 0 aliphatic carbocycles. The van der Waals surface area contributed by atoms with E-state index in [4.69, 9.17) is 5.11 Å². The second-order valence-electron chi connectivity index (χ2n) is 3.50. The fourth-order valence-electron chi connectivity index (χ4n) is 1.30. The van der Waals surface area contributed by atoms with E-state index < -0.39 is 0 Å². The number of nitrogens with zero attached hydrogens (tertiary/aromatic N) is 1. The highest BCUT2D eigenvalue weighted by atomic mass is 79.9. The number of halogens is 1. The van der Waals surface area contributed by atoms with E-state index in [1.54, 1.807) is 6.20 Å². The van der Waals surface area contributed by atoms with Crippen molar-refractivity contribution in [3.05, 3.63) is 28.0 Å². The van der Waals surface area contributed by atoms with Crippen molar-refractivity contribution in [2.24, 2.45) is 5.92 Å². The summed E-state index contributed by atoms with van der Waals surface area (Å²) in [5, 5.41) is 9.14. The van der Waals surface area contributed by atoms with Gasteiger partial charge in [-0.2, -0.15) is 0 Å². The van der Waals surface area contributed by atoms with Crippen molar-refractivity contribution in [1.82, 2.24) is 4.98 Å². The van der Waals surface area contributed by atoms with Gasteiger partial charge in [0.25, 0.3) is 0 Å². The highest BCUT2D eigenvalue weighted by Crippen LogP contribution is 2.20. The van der Waals surface area contributed by atoms with Crippen molar-refractivity contribution >= 4 is 15.9 Å². The van der Waals surface area contributed by atoms with E-state index in [0.29, 0.717) is 5.92 Å². The molecule has 0 aromatic carbocycles. The molecule has 0 amide bonds. The van der Waals surface area contributed by atoms with Crippen LogP contribution in [0.2, 0.25) is 0 Å². The van der Waals surface area contributed by atoms with Crippen molar-refractivity contribution in [3.63, 3.8) is 0 Å². The third kappa shape index (κ3) is 2.78. The molecule has 2 nitrogen and oxygen atoms in total. The quantitative estimate of drug-likeness (QED) is 0.829. The molecule has 1 aromatic rings. The molecule has 0 saturated heterocycles. The first-order chi connectivity index (χ1) is 6.15. The van der Waals surface area contributed by atoms with Crippen molar-refractivity contribution in [2.45, 2.75) is 26.9 Å². The smallest absolute Gasteiger partial charge is 0.111 e. The lowest BCUT2D eigenvalue weighted by Gasteiger charge is -2.10. The van der Waals surface area contributed by atoms with Gasteiger partial charge in [-0.25, -0.2) is 4.98 Å². The van der Waals surface area contributed by atoms with E-state index in [1.165, 1.54) is 5.56 Å². The number of hydrogen-bond donors (Lipinski definition) is 1. The summed E-state index contributed by atoms with van der Waals surface area (Å²) in [6.45, 7) is 4.38. The van der Waals surface area contributed by atoms with Gasteiger partial charge in [-0.1, -0.05) is 13.8 Å². The predicted molar refractivity (Wildman–Crippen MR) is 56.4 cm³/mol. The Morgan fingerprint density at radius 1 is 1.54 bits per heavy atom. The molecule has 1 heterocycles. The number of pyridine rings is 1. The van der Waals surface area contributed by atoms with Gasteiger partial charge >= 0.3 is 0 Å². The van der Waals surface area contributed by atoms with Crippen LogP contribution < -0.4 is 0 Å². The minimum absolute atomic E-state index is 0.0521. The SMILES string of the molecule is CC(C)Cc1ccnc(Br)c1CO. The lowest BCUT2D eigenvalue weighted by atomic mass is 10.0. The van der Waals surface area contributed by atoms with E-state index >= 15 is 0 Å². The first-order valence-electron chi connectivity index (χ1n) is 4.38. The van der Waals surface area contributed by atoms with Gasteiger partial charge in [0.05, 0.1) is 6.61 Å². The average Bonchev–Trinajstić information content (AvgIpc) is 2.03. The zero-order chi connectivity index (χ0) is 9.84. The largest absolute Gasteiger partial charge is 0.392 e. The summed E-state index contributed by atoms with van der Waals surface area (Å²) in [5.41, 5.74) is 2.09. The summed E-state index contributed by atoms with van der Waals surface area (Å²) in [4.78, 5) is 4.07. The van der Waals surface area contributed by atoms with Crippen molar-refractivity contribution in [2.75, 3.05) is 0 Å². The van der Waals surface area contributed by atoms with E-state index in [9.17, 15) is 0 Å². The molecular formula is C10H14BrNO. The molecule has 0 unspecified atom stereocenters. The lowest BCUT2D eigenvalue weighted by Crippen LogP contribution is -2.01. The van der Waals surface area contributed by atoms with Crippen LogP contribution >= 0.6 is 15.9 Å². The second-order valence-corrected chi connectivity index (χ2v) is 4.25. The van der Waals surface area contributed by atoms with Crippen LogP contribution in [0.15, 0.2) is 16.9 Å². The van der Waals surface area contributed by atoms with E-state index in [-0.39, 0.29) is 6.61 Å². The van der Waals surface area contributed by atoms with Crippen molar-refractivity contribution in [3.8, 4) is 0 Å². The number of hydrogen-bond acceptors (Lipinski definition) is 2. The second kappa shape index (κ2) is 4.72. The van der Waals surface area contributed by atoms with E-state index in [1.807, 2.05) is 6.07 Å². The average molecular weight is 244 g/mol. The Morgan fingerprint density at radius 3 is 2.77 bits per heavy atom. The van der Waals surface area contributed by atoms with Gasteiger partial charge in [0.2, 0.25) is 0 Å². The maximum absolute atomic E-state index is 9.14. The van der Waals surface area contributed by atoms with E-state index in [2.05, 4.69) is 34.8 Å². The Labute approximate surface area is 87.1 Å². The van der Waals surface area contributed by atoms with Gasteiger partial charge in [0, 0.05) is 11.8 Å². The van der Waals surface area contributed by atoms with Crippen LogP contribution in [-0.2, 0) is 13.0 Å². The molecule has 72 valence electrons. The fourth-order valence-corrected chi connectivity index (χ4v) is 1.80. The fraction of sp³-hybridized carbons (Fsp3) is 0.500. The minimum Gasteiger partial charge on any atom is -0.392 e. The van der Waals surface area contributed by atoms with Crippen LogP contribution in [0.4, 0.5) is 0 Å². The molecule has 0 atom stereocenters. The minimum atomic E-state index is 0.0521. The molecule has 1 N–H and O–H groups in total. The molecule has 0 fully saturated rings. The molecule has 0 spiro atoms. The number of aliphatic hydroxyl groups excluding tert-OH is 1. The molecule has 1 rings (SSSR count). The molecule has 1 aromatic heterocycles. The molecule has 0 saturated carbocycles. The van der Waals surface area contributed by atoms with Crippen LogP contribution in [-0.4, -0.2) is 10.1 Å². The third-order valence-corrected chi connectivity index (χ3v) is 2.57. The van der Waals surface area contributed by atoms with Gasteiger partial charge in [-0.3, -0.25) is 0 Å². The molecule has 0 aliphatic heterocycles. The Bertz CT molecular complexity index is 286. The van der Waals surface area contributed by atoms with Gasteiger partial charge < -0.3 is 5.11 Å². The molecule has 0 aliphatic rings. The number of aliphatic hydroxyl groups is 1. The van der Waals surface area contributed by atoms with Crippen LogP contribution in [0.1, 0.15) is 25.0 Å². The molecule has 3 heteroatoms. The van der Waals surface area contributed by atoms with Gasteiger partial charge in [0.15, 0.2) is 0 Å². The topological polar surface area (TPSA) is 33.1 Å². The van der Waals surface area contributed by atoms with Crippen LogP contribution in [0.25, 0.3) is 0 Å². The maximum atomic E-state index is 9.14. The van der Waals surface area contributed by atoms with Gasteiger partial charge in [-0.15, -0.1) is 0 Å². The van der Waals surface area contributed by atoms with Gasteiger partial charge in [-0.05, 0) is 39.9 Å². The molecular weight excluding hydrogens is 230 g/mol. The summed E-state index contributed by atoms with van der Waals surface area (Å²) in [7, 11) is 0. The normalized spacial score (nSPS) is 10.8. The first kappa shape index (κ1) is 10.7. The van der Waals surface area contributed by atoms with Crippen molar-refractivity contribution in [1.29, 1.82) is 0 Å². The van der Waals surface area contributed by atoms with Crippen LogP contribution in [0.5, 0.6) is 0 Å². The molecule has 0 radical (unpaired) electrons. The monoisotopic (exact) mass is 243 g/mol. The molecule has 0 bridgehead atoms.